The van der Waals surface area contributed by atoms with Crippen molar-refractivity contribution in [3.05, 3.63) is 34.9 Å². The third kappa shape index (κ3) is 1.56. The number of halogens is 1. The standard InChI is InChI=1S/C9H5ClN2/c10-4-9-3-7(5-11)1-2-8(9)6-12/h1-3H,4H2. The molecule has 2 nitrogen and oxygen atoms in total. The van der Waals surface area contributed by atoms with Crippen LogP contribution in [0.25, 0.3) is 0 Å². The van der Waals surface area contributed by atoms with Crippen LogP contribution in [0.15, 0.2) is 18.2 Å². The van der Waals surface area contributed by atoms with Gasteiger partial charge in [0.15, 0.2) is 0 Å². The molecule has 3 heteroatoms. The number of benzene rings is 1. The molecule has 0 fully saturated rings. The van der Waals surface area contributed by atoms with Gasteiger partial charge in [0, 0.05) is 5.88 Å². The highest BCUT2D eigenvalue weighted by Crippen LogP contribution is 2.12. The van der Waals surface area contributed by atoms with E-state index in [1.165, 1.54) is 0 Å². The molecule has 0 spiro atoms. The smallest absolute Gasteiger partial charge is 0.0994 e. The number of hydrogen-bond donors (Lipinski definition) is 0. The Labute approximate surface area is 75.6 Å². The average Bonchev–Trinajstić information content (AvgIpc) is 2.16. The van der Waals surface area contributed by atoms with Gasteiger partial charge >= 0.3 is 0 Å². The van der Waals surface area contributed by atoms with Crippen LogP contribution in [0.1, 0.15) is 16.7 Å². The fraction of sp³-hybridized carbons (Fsp3) is 0.111. The molecule has 1 aromatic rings. The molecule has 0 N–H and O–H groups in total. The zero-order chi connectivity index (χ0) is 8.97. The van der Waals surface area contributed by atoms with Crippen LogP contribution in [0, 0.1) is 22.7 Å². The Morgan fingerprint density at radius 2 is 2.00 bits per heavy atom. The van der Waals surface area contributed by atoms with E-state index >= 15 is 0 Å². The van der Waals surface area contributed by atoms with Gasteiger partial charge in [0.05, 0.1) is 23.3 Å². The molecular formula is C9H5ClN2. The number of nitrogens with zero attached hydrogens (tertiary/aromatic N) is 2. The van der Waals surface area contributed by atoms with E-state index in [-0.39, 0.29) is 5.88 Å². The van der Waals surface area contributed by atoms with Gasteiger partial charge in [-0.15, -0.1) is 11.6 Å². The van der Waals surface area contributed by atoms with Crippen molar-refractivity contribution < 1.29 is 0 Å². The first-order valence-electron chi connectivity index (χ1n) is 3.31. The quantitative estimate of drug-likeness (QED) is 0.616. The number of hydrogen-bond acceptors (Lipinski definition) is 2. The average molecular weight is 177 g/mol. The maximum atomic E-state index is 8.62. The van der Waals surface area contributed by atoms with E-state index in [0.29, 0.717) is 16.7 Å². The van der Waals surface area contributed by atoms with Crippen molar-refractivity contribution in [2.24, 2.45) is 0 Å². The molecule has 0 aliphatic carbocycles. The Morgan fingerprint density at radius 1 is 1.25 bits per heavy atom. The number of rotatable bonds is 1. The molecule has 12 heavy (non-hydrogen) atoms. The molecule has 0 radical (unpaired) electrons. The van der Waals surface area contributed by atoms with Gasteiger partial charge in [0.2, 0.25) is 0 Å². The normalized spacial score (nSPS) is 8.58. The van der Waals surface area contributed by atoms with Crippen LogP contribution in [-0.2, 0) is 5.88 Å². The van der Waals surface area contributed by atoms with Crippen LogP contribution in [0.3, 0.4) is 0 Å². The molecule has 0 aliphatic heterocycles. The largest absolute Gasteiger partial charge is 0.192 e. The minimum absolute atomic E-state index is 0.262. The lowest BCUT2D eigenvalue weighted by Gasteiger charge is -1.97. The van der Waals surface area contributed by atoms with Crippen LogP contribution in [0.5, 0.6) is 0 Å². The van der Waals surface area contributed by atoms with Crippen LogP contribution >= 0.6 is 11.6 Å². The molecular weight excluding hydrogens is 172 g/mol. The molecule has 0 saturated heterocycles. The summed E-state index contributed by atoms with van der Waals surface area (Å²) in [5, 5.41) is 17.2. The highest BCUT2D eigenvalue weighted by molar-refractivity contribution is 6.17. The summed E-state index contributed by atoms with van der Waals surface area (Å²) in [5.74, 6) is 0.262. The summed E-state index contributed by atoms with van der Waals surface area (Å²) in [5.41, 5.74) is 1.77. The Balaban J connectivity index is 3.24. The molecule has 0 heterocycles. The van der Waals surface area contributed by atoms with Crippen molar-refractivity contribution in [3.8, 4) is 12.1 Å². The SMILES string of the molecule is N#Cc1ccc(C#N)c(CCl)c1. The molecule has 0 aromatic heterocycles. The third-order valence-electron chi connectivity index (χ3n) is 1.50. The Morgan fingerprint density at radius 3 is 2.50 bits per heavy atom. The van der Waals surface area contributed by atoms with Gasteiger partial charge in [-0.05, 0) is 23.8 Å². The van der Waals surface area contributed by atoms with E-state index in [1.54, 1.807) is 18.2 Å². The minimum Gasteiger partial charge on any atom is -0.192 e. The Bertz CT molecular complexity index is 371. The molecule has 1 rings (SSSR count). The summed E-state index contributed by atoms with van der Waals surface area (Å²) in [4.78, 5) is 0. The van der Waals surface area contributed by atoms with Gasteiger partial charge in [0.25, 0.3) is 0 Å². The van der Waals surface area contributed by atoms with Gasteiger partial charge < -0.3 is 0 Å². The third-order valence-corrected chi connectivity index (χ3v) is 1.79. The minimum atomic E-state index is 0.262. The summed E-state index contributed by atoms with van der Waals surface area (Å²) < 4.78 is 0. The summed E-state index contributed by atoms with van der Waals surface area (Å²) in [7, 11) is 0. The lowest BCUT2D eigenvalue weighted by Crippen LogP contribution is -1.86. The van der Waals surface area contributed by atoms with Crippen molar-refractivity contribution in [1.29, 1.82) is 10.5 Å². The summed E-state index contributed by atoms with van der Waals surface area (Å²) >= 11 is 5.58. The zero-order valence-corrected chi connectivity index (χ0v) is 6.97. The zero-order valence-electron chi connectivity index (χ0n) is 6.21. The predicted molar refractivity (Wildman–Crippen MR) is 45.4 cm³/mol. The highest BCUT2D eigenvalue weighted by atomic mass is 35.5. The molecule has 0 aliphatic rings. The molecule has 0 saturated carbocycles. The summed E-state index contributed by atoms with van der Waals surface area (Å²) in [6.07, 6.45) is 0. The lowest BCUT2D eigenvalue weighted by atomic mass is 10.1. The second kappa shape index (κ2) is 3.76. The van der Waals surface area contributed by atoms with Gasteiger partial charge in [-0.2, -0.15) is 10.5 Å². The van der Waals surface area contributed by atoms with E-state index in [9.17, 15) is 0 Å². The number of alkyl halides is 1. The first kappa shape index (κ1) is 8.59. The first-order valence-corrected chi connectivity index (χ1v) is 3.84. The molecule has 0 atom stereocenters. The van der Waals surface area contributed by atoms with E-state index in [0.717, 1.165) is 0 Å². The van der Waals surface area contributed by atoms with Gasteiger partial charge in [-0.1, -0.05) is 0 Å². The fourth-order valence-electron chi connectivity index (χ4n) is 0.883. The summed E-state index contributed by atoms with van der Waals surface area (Å²) in [6, 6.07) is 8.83. The molecule has 58 valence electrons. The maximum Gasteiger partial charge on any atom is 0.0994 e. The van der Waals surface area contributed by atoms with Crippen LogP contribution in [-0.4, -0.2) is 0 Å². The molecule has 0 bridgehead atoms. The molecule has 1 aromatic carbocycles. The van der Waals surface area contributed by atoms with Crippen molar-refractivity contribution in [1.82, 2.24) is 0 Å². The maximum absolute atomic E-state index is 8.62. The van der Waals surface area contributed by atoms with Crippen LogP contribution < -0.4 is 0 Å². The molecule has 0 unspecified atom stereocenters. The van der Waals surface area contributed by atoms with Crippen molar-refractivity contribution in [2.75, 3.05) is 0 Å². The summed E-state index contributed by atoms with van der Waals surface area (Å²) in [6.45, 7) is 0. The van der Waals surface area contributed by atoms with Gasteiger partial charge in [0.1, 0.15) is 0 Å². The number of nitriles is 2. The second-order valence-corrected chi connectivity index (χ2v) is 2.50. The molecule has 0 amide bonds. The lowest BCUT2D eigenvalue weighted by molar-refractivity contribution is 1.33. The highest BCUT2D eigenvalue weighted by Gasteiger charge is 2.01. The Kier molecular flexibility index (Phi) is 2.69. The predicted octanol–water partition coefficient (Wildman–Crippen LogP) is 2.17. The first-order chi connectivity index (χ1) is 5.81. The van der Waals surface area contributed by atoms with Crippen molar-refractivity contribution >= 4 is 11.6 Å². The Hall–Kier alpha value is -1.51. The van der Waals surface area contributed by atoms with Crippen molar-refractivity contribution in [2.45, 2.75) is 5.88 Å². The van der Waals surface area contributed by atoms with E-state index in [4.69, 9.17) is 22.1 Å². The second-order valence-electron chi connectivity index (χ2n) is 2.23. The fourth-order valence-corrected chi connectivity index (χ4v) is 1.10. The van der Waals surface area contributed by atoms with Crippen LogP contribution in [0.2, 0.25) is 0 Å². The monoisotopic (exact) mass is 176 g/mol. The van der Waals surface area contributed by atoms with Gasteiger partial charge in [-0.3, -0.25) is 0 Å². The van der Waals surface area contributed by atoms with E-state index in [2.05, 4.69) is 0 Å². The van der Waals surface area contributed by atoms with Gasteiger partial charge in [-0.25, -0.2) is 0 Å². The van der Waals surface area contributed by atoms with Crippen LogP contribution in [0.4, 0.5) is 0 Å². The van der Waals surface area contributed by atoms with E-state index < -0.39 is 0 Å². The van der Waals surface area contributed by atoms with E-state index in [1.807, 2.05) is 12.1 Å². The topological polar surface area (TPSA) is 47.6 Å². The van der Waals surface area contributed by atoms with Crippen molar-refractivity contribution in [3.63, 3.8) is 0 Å².